The monoisotopic (exact) mass is 451 g/mol. The van der Waals surface area contributed by atoms with Gasteiger partial charge < -0.3 is 14.7 Å². The van der Waals surface area contributed by atoms with Gasteiger partial charge in [-0.2, -0.15) is 22.0 Å². The van der Waals surface area contributed by atoms with Gasteiger partial charge in [-0.05, 0) is 42.8 Å². The number of hydrogen-bond acceptors (Lipinski definition) is 3. The second-order valence-corrected chi connectivity index (χ2v) is 7.41. The molecular formula is C24H22F5NO2. The molecule has 1 N–H and O–H groups in total. The predicted octanol–water partition coefficient (Wildman–Crippen LogP) is 6.52. The Balaban J connectivity index is 1.87. The molecule has 3 rings (SSSR count). The van der Waals surface area contributed by atoms with Gasteiger partial charge in [0.15, 0.2) is 0 Å². The minimum Gasteiger partial charge on any atom is -0.457 e. The lowest BCUT2D eigenvalue weighted by atomic mass is 10.0. The van der Waals surface area contributed by atoms with Crippen LogP contribution in [0.1, 0.15) is 18.1 Å². The van der Waals surface area contributed by atoms with Crippen molar-refractivity contribution < 1.29 is 31.8 Å². The summed E-state index contributed by atoms with van der Waals surface area (Å²) in [6, 6.07) is 20.2. The maximum absolute atomic E-state index is 13.8. The fourth-order valence-corrected chi connectivity index (χ4v) is 3.20. The summed E-state index contributed by atoms with van der Waals surface area (Å²) in [6.07, 6.45) is -6.46. The summed E-state index contributed by atoms with van der Waals surface area (Å²) in [5.41, 5.74) is -0.255. The van der Waals surface area contributed by atoms with E-state index in [2.05, 4.69) is 0 Å². The van der Waals surface area contributed by atoms with Gasteiger partial charge in [0.25, 0.3) is 0 Å². The van der Waals surface area contributed by atoms with Crippen LogP contribution in [0.3, 0.4) is 0 Å². The normalized spacial score (nSPS) is 13.0. The minimum atomic E-state index is -5.69. The lowest BCUT2D eigenvalue weighted by Crippen LogP contribution is -2.34. The smallest absolute Gasteiger partial charge is 0.457 e. The standard InChI is InChI=1S/C24H22F5NO2/c1-17(31)15-30(16-18-7-5-8-19(13-18)23(25,26)24(27,28)29)20-9-6-12-22(14-20)32-21-10-3-2-4-11-21/h2-14,17,31H,15-16H2,1H3/t17-/m0/s1. The summed E-state index contributed by atoms with van der Waals surface area (Å²) in [5, 5.41) is 9.92. The number of aliphatic hydroxyl groups excluding tert-OH is 1. The Bertz CT molecular complexity index is 1020. The molecule has 0 heterocycles. The van der Waals surface area contributed by atoms with Gasteiger partial charge in [0.2, 0.25) is 0 Å². The van der Waals surface area contributed by atoms with Crippen LogP contribution in [0.25, 0.3) is 0 Å². The Hall–Kier alpha value is -3.13. The molecule has 0 amide bonds. The first kappa shape index (κ1) is 23.5. The number of rotatable bonds is 8. The fourth-order valence-electron chi connectivity index (χ4n) is 3.20. The Morgan fingerprint density at radius 2 is 1.50 bits per heavy atom. The van der Waals surface area contributed by atoms with Gasteiger partial charge in [-0.3, -0.25) is 0 Å². The van der Waals surface area contributed by atoms with Crippen molar-refractivity contribution in [1.29, 1.82) is 0 Å². The van der Waals surface area contributed by atoms with Gasteiger partial charge in [-0.15, -0.1) is 0 Å². The van der Waals surface area contributed by atoms with Crippen molar-refractivity contribution in [3.63, 3.8) is 0 Å². The molecular weight excluding hydrogens is 429 g/mol. The quantitative estimate of drug-likeness (QED) is 0.396. The minimum absolute atomic E-state index is 0.0153. The molecule has 32 heavy (non-hydrogen) atoms. The van der Waals surface area contributed by atoms with Crippen LogP contribution in [0.5, 0.6) is 11.5 Å². The van der Waals surface area contributed by atoms with Crippen molar-refractivity contribution in [2.24, 2.45) is 0 Å². The van der Waals surface area contributed by atoms with E-state index in [9.17, 15) is 27.1 Å². The molecule has 0 aliphatic heterocycles. The SMILES string of the molecule is C[C@H](O)CN(Cc1cccc(C(F)(F)C(F)(F)F)c1)c1cccc(Oc2ccccc2)c1. The third-order valence-corrected chi connectivity index (χ3v) is 4.67. The zero-order valence-corrected chi connectivity index (χ0v) is 17.2. The van der Waals surface area contributed by atoms with Crippen LogP contribution in [0.4, 0.5) is 27.6 Å². The Labute approximate surface area is 182 Å². The summed E-state index contributed by atoms with van der Waals surface area (Å²) in [7, 11) is 0. The van der Waals surface area contributed by atoms with Gasteiger partial charge in [0.05, 0.1) is 6.10 Å². The van der Waals surface area contributed by atoms with E-state index in [0.29, 0.717) is 17.2 Å². The van der Waals surface area contributed by atoms with Gasteiger partial charge in [-0.25, -0.2) is 0 Å². The second-order valence-electron chi connectivity index (χ2n) is 7.41. The zero-order chi connectivity index (χ0) is 23.4. The topological polar surface area (TPSA) is 32.7 Å². The van der Waals surface area contributed by atoms with E-state index in [1.807, 2.05) is 18.2 Å². The number of anilines is 1. The molecule has 0 radical (unpaired) electrons. The summed E-state index contributed by atoms with van der Waals surface area (Å²) >= 11 is 0. The highest BCUT2D eigenvalue weighted by Crippen LogP contribution is 2.44. The van der Waals surface area contributed by atoms with Crippen molar-refractivity contribution in [3.05, 3.63) is 90.0 Å². The number of alkyl halides is 5. The van der Waals surface area contributed by atoms with Crippen molar-refractivity contribution in [1.82, 2.24) is 0 Å². The molecule has 3 aromatic carbocycles. The molecule has 0 fully saturated rings. The first-order chi connectivity index (χ1) is 15.1. The first-order valence-corrected chi connectivity index (χ1v) is 9.86. The van der Waals surface area contributed by atoms with E-state index < -0.39 is 23.8 Å². The molecule has 170 valence electrons. The highest BCUT2D eigenvalue weighted by atomic mass is 19.4. The first-order valence-electron chi connectivity index (χ1n) is 9.86. The molecule has 3 nitrogen and oxygen atoms in total. The van der Waals surface area contributed by atoms with Gasteiger partial charge >= 0.3 is 12.1 Å². The lowest BCUT2D eigenvalue weighted by molar-refractivity contribution is -0.289. The third kappa shape index (κ3) is 5.76. The average Bonchev–Trinajstić information content (AvgIpc) is 2.73. The Morgan fingerprint density at radius 1 is 0.844 bits per heavy atom. The summed E-state index contributed by atoms with van der Waals surface area (Å²) in [6.45, 7) is 1.71. The number of nitrogens with zero attached hydrogens (tertiary/aromatic N) is 1. The number of benzene rings is 3. The zero-order valence-electron chi connectivity index (χ0n) is 17.2. The van der Waals surface area contributed by atoms with Crippen LogP contribution in [-0.4, -0.2) is 23.9 Å². The maximum Gasteiger partial charge on any atom is 0.458 e. The molecule has 1 atom stereocenters. The summed E-state index contributed by atoms with van der Waals surface area (Å²) in [4.78, 5) is 1.69. The van der Waals surface area contributed by atoms with Crippen LogP contribution in [0.2, 0.25) is 0 Å². The van der Waals surface area contributed by atoms with Crippen LogP contribution in [0, 0.1) is 0 Å². The van der Waals surface area contributed by atoms with Crippen molar-refractivity contribution in [2.45, 2.75) is 31.7 Å². The molecule has 0 spiro atoms. The van der Waals surface area contributed by atoms with E-state index in [4.69, 9.17) is 4.74 Å². The predicted molar refractivity (Wildman–Crippen MR) is 112 cm³/mol. The Morgan fingerprint density at radius 3 is 2.16 bits per heavy atom. The maximum atomic E-state index is 13.8. The largest absolute Gasteiger partial charge is 0.458 e. The number of halogens is 5. The highest BCUT2D eigenvalue weighted by molar-refractivity contribution is 5.52. The van der Waals surface area contributed by atoms with Crippen LogP contribution in [0.15, 0.2) is 78.9 Å². The molecule has 8 heteroatoms. The molecule has 0 saturated carbocycles. The van der Waals surface area contributed by atoms with Crippen LogP contribution >= 0.6 is 0 Å². The Kier molecular flexibility index (Phi) is 7.03. The van der Waals surface area contributed by atoms with E-state index in [1.165, 1.54) is 12.1 Å². The second kappa shape index (κ2) is 9.56. The van der Waals surface area contributed by atoms with Gasteiger partial charge in [-0.1, -0.05) is 42.5 Å². The molecule has 0 saturated heterocycles. The van der Waals surface area contributed by atoms with E-state index in [-0.39, 0.29) is 18.7 Å². The number of para-hydroxylation sites is 1. The summed E-state index contributed by atoms with van der Waals surface area (Å²) in [5.74, 6) is -3.82. The highest BCUT2D eigenvalue weighted by Gasteiger charge is 2.58. The van der Waals surface area contributed by atoms with Crippen LogP contribution < -0.4 is 9.64 Å². The number of ether oxygens (including phenoxy) is 1. The van der Waals surface area contributed by atoms with Gasteiger partial charge in [0.1, 0.15) is 11.5 Å². The van der Waals surface area contributed by atoms with Crippen molar-refractivity contribution in [3.8, 4) is 11.5 Å². The van der Waals surface area contributed by atoms with Crippen LogP contribution in [-0.2, 0) is 12.5 Å². The van der Waals surface area contributed by atoms with Crippen molar-refractivity contribution >= 4 is 5.69 Å². The fraction of sp³-hybridized carbons (Fsp3) is 0.250. The molecule has 0 unspecified atom stereocenters. The third-order valence-electron chi connectivity index (χ3n) is 4.67. The molecule has 0 aliphatic carbocycles. The number of hydrogen-bond donors (Lipinski definition) is 1. The van der Waals surface area contributed by atoms with Gasteiger partial charge in [0, 0.05) is 30.4 Å². The molecule has 3 aromatic rings. The molecule has 0 bridgehead atoms. The summed E-state index contributed by atoms with van der Waals surface area (Å²) < 4.78 is 71.7. The lowest BCUT2D eigenvalue weighted by Gasteiger charge is -2.27. The van der Waals surface area contributed by atoms with E-state index in [0.717, 1.165) is 12.1 Å². The van der Waals surface area contributed by atoms with E-state index in [1.54, 1.807) is 48.2 Å². The number of aliphatic hydroxyl groups is 1. The molecule has 0 aliphatic rings. The molecule has 0 aromatic heterocycles. The average molecular weight is 451 g/mol. The van der Waals surface area contributed by atoms with E-state index >= 15 is 0 Å². The van der Waals surface area contributed by atoms with Crippen molar-refractivity contribution in [2.75, 3.05) is 11.4 Å².